The Morgan fingerprint density at radius 2 is 1.90 bits per heavy atom. The first kappa shape index (κ1) is 13.7. The summed E-state index contributed by atoms with van der Waals surface area (Å²) < 4.78 is 3.14. The Morgan fingerprint density at radius 3 is 2.65 bits per heavy atom. The number of hydrogen-bond donors (Lipinski definition) is 0. The molecular formula is C16H14BrClN2. The number of nitrogens with zero attached hydrogens (tertiary/aromatic N) is 2. The van der Waals surface area contributed by atoms with Gasteiger partial charge in [-0.15, -0.1) is 11.6 Å². The van der Waals surface area contributed by atoms with Gasteiger partial charge in [0.15, 0.2) is 0 Å². The fourth-order valence-corrected chi connectivity index (χ4v) is 2.91. The molecule has 1 aromatic heterocycles. The van der Waals surface area contributed by atoms with Gasteiger partial charge in [0.1, 0.15) is 6.33 Å². The average molecular weight is 350 g/mol. The van der Waals surface area contributed by atoms with Crippen LogP contribution in [-0.4, -0.2) is 9.55 Å². The molecule has 2 nitrogen and oxygen atoms in total. The van der Waals surface area contributed by atoms with E-state index in [0.29, 0.717) is 5.88 Å². The summed E-state index contributed by atoms with van der Waals surface area (Å²) in [6.07, 6.45) is 1.86. The van der Waals surface area contributed by atoms with Gasteiger partial charge in [-0.25, -0.2) is 4.98 Å². The second-order valence-corrected chi connectivity index (χ2v) is 6.13. The number of alkyl halides is 1. The number of imidazole rings is 1. The molecule has 0 aliphatic heterocycles. The number of fused-ring (bicyclic) bond motifs is 1. The maximum Gasteiger partial charge on any atom is 0.100 e. The van der Waals surface area contributed by atoms with Crippen LogP contribution in [0.15, 0.2) is 41.1 Å². The Labute approximate surface area is 131 Å². The molecule has 4 heteroatoms. The molecule has 0 atom stereocenters. The smallest absolute Gasteiger partial charge is 0.100 e. The molecule has 1 heterocycles. The van der Waals surface area contributed by atoms with Crippen molar-refractivity contribution < 1.29 is 0 Å². The monoisotopic (exact) mass is 348 g/mol. The van der Waals surface area contributed by atoms with E-state index < -0.39 is 0 Å². The summed E-state index contributed by atoms with van der Waals surface area (Å²) >= 11 is 9.58. The van der Waals surface area contributed by atoms with Gasteiger partial charge in [-0.05, 0) is 54.8 Å². The van der Waals surface area contributed by atoms with Crippen molar-refractivity contribution in [1.29, 1.82) is 0 Å². The molecule has 0 N–H and O–H groups in total. The predicted molar refractivity (Wildman–Crippen MR) is 87.8 cm³/mol. The van der Waals surface area contributed by atoms with Crippen LogP contribution >= 0.6 is 27.5 Å². The highest BCUT2D eigenvalue weighted by Gasteiger charge is 2.10. The minimum absolute atomic E-state index is 0.479. The predicted octanol–water partition coefficient (Wildman–Crippen LogP) is 5.14. The van der Waals surface area contributed by atoms with E-state index in [4.69, 9.17) is 11.6 Å². The molecule has 0 bridgehead atoms. The molecule has 0 amide bonds. The van der Waals surface area contributed by atoms with Gasteiger partial charge in [0, 0.05) is 10.4 Å². The van der Waals surface area contributed by atoms with Gasteiger partial charge < -0.3 is 0 Å². The summed E-state index contributed by atoms with van der Waals surface area (Å²) in [6, 6.07) is 10.4. The van der Waals surface area contributed by atoms with Crippen LogP contribution in [-0.2, 0) is 5.88 Å². The third kappa shape index (κ3) is 2.25. The zero-order valence-corrected chi connectivity index (χ0v) is 13.7. The van der Waals surface area contributed by atoms with Crippen LogP contribution in [0.1, 0.15) is 16.7 Å². The van der Waals surface area contributed by atoms with Gasteiger partial charge in [-0.3, -0.25) is 4.57 Å². The molecule has 20 heavy (non-hydrogen) atoms. The summed E-state index contributed by atoms with van der Waals surface area (Å²) in [5.41, 5.74) is 6.80. The van der Waals surface area contributed by atoms with Crippen molar-refractivity contribution in [3.63, 3.8) is 0 Å². The summed E-state index contributed by atoms with van der Waals surface area (Å²) in [7, 11) is 0. The van der Waals surface area contributed by atoms with Crippen LogP contribution in [0.25, 0.3) is 16.7 Å². The van der Waals surface area contributed by atoms with Gasteiger partial charge in [-0.1, -0.05) is 22.0 Å². The molecule has 0 unspecified atom stereocenters. The van der Waals surface area contributed by atoms with Crippen LogP contribution in [0.3, 0.4) is 0 Å². The lowest BCUT2D eigenvalue weighted by Crippen LogP contribution is -1.97. The highest BCUT2D eigenvalue weighted by atomic mass is 79.9. The number of aromatic nitrogens is 2. The highest BCUT2D eigenvalue weighted by molar-refractivity contribution is 9.10. The molecule has 0 fully saturated rings. The molecule has 0 saturated carbocycles. The van der Waals surface area contributed by atoms with E-state index in [1.54, 1.807) is 0 Å². The van der Waals surface area contributed by atoms with Crippen LogP contribution in [0.5, 0.6) is 0 Å². The molecular weight excluding hydrogens is 336 g/mol. The highest BCUT2D eigenvalue weighted by Crippen LogP contribution is 2.27. The standard InChI is InChI=1S/C16H14BrClN2/c1-10-5-14-16(6-11(10)2)20(9-19-14)15-7-13(17)4-3-12(15)8-18/h3-7,9H,8H2,1-2H3. The van der Waals surface area contributed by atoms with E-state index in [-0.39, 0.29) is 0 Å². The van der Waals surface area contributed by atoms with Crippen LogP contribution in [0.4, 0.5) is 0 Å². The van der Waals surface area contributed by atoms with Crippen LogP contribution in [0.2, 0.25) is 0 Å². The van der Waals surface area contributed by atoms with E-state index in [1.807, 2.05) is 18.5 Å². The van der Waals surface area contributed by atoms with Crippen LogP contribution in [0, 0.1) is 13.8 Å². The van der Waals surface area contributed by atoms with Gasteiger partial charge in [0.25, 0.3) is 0 Å². The van der Waals surface area contributed by atoms with Crippen molar-refractivity contribution >= 4 is 38.6 Å². The molecule has 0 radical (unpaired) electrons. The first-order valence-electron chi connectivity index (χ1n) is 6.39. The first-order chi connectivity index (χ1) is 9.60. The number of benzene rings is 2. The van der Waals surface area contributed by atoms with Gasteiger partial charge in [0.2, 0.25) is 0 Å². The minimum Gasteiger partial charge on any atom is -0.298 e. The molecule has 3 rings (SSSR count). The van der Waals surface area contributed by atoms with E-state index >= 15 is 0 Å². The van der Waals surface area contributed by atoms with E-state index in [0.717, 1.165) is 26.8 Å². The average Bonchev–Trinajstić information content (AvgIpc) is 2.82. The van der Waals surface area contributed by atoms with Gasteiger partial charge in [0.05, 0.1) is 16.7 Å². The van der Waals surface area contributed by atoms with Gasteiger partial charge in [-0.2, -0.15) is 0 Å². The Morgan fingerprint density at radius 1 is 1.15 bits per heavy atom. The number of hydrogen-bond acceptors (Lipinski definition) is 1. The van der Waals surface area contributed by atoms with Crippen molar-refractivity contribution in [2.45, 2.75) is 19.7 Å². The molecule has 2 aromatic carbocycles. The maximum absolute atomic E-state index is 6.06. The molecule has 102 valence electrons. The molecule has 0 saturated heterocycles. The van der Waals surface area contributed by atoms with E-state index in [9.17, 15) is 0 Å². The summed E-state index contributed by atoms with van der Waals surface area (Å²) in [6.45, 7) is 4.23. The summed E-state index contributed by atoms with van der Waals surface area (Å²) in [5, 5.41) is 0. The molecule has 3 aromatic rings. The van der Waals surface area contributed by atoms with Crippen molar-refractivity contribution in [2.24, 2.45) is 0 Å². The first-order valence-corrected chi connectivity index (χ1v) is 7.72. The topological polar surface area (TPSA) is 17.8 Å². The second kappa shape index (κ2) is 5.23. The maximum atomic E-state index is 6.06. The Kier molecular flexibility index (Phi) is 3.57. The Bertz CT molecular complexity index is 793. The SMILES string of the molecule is Cc1cc2ncn(-c3cc(Br)ccc3CCl)c2cc1C. The van der Waals surface area contributed by atoms with Crippen molar-refractivity contribution in [3.8, 4) is 5.69 Å². The minimum atomic E-state index is 0.479. The molecule has 0 aliphatic rings. The lowest BCUT2D eigenvalue weighted by atomic mass is 10.1. The molecule has 0 spiro atoms. The van der Waals surface area contributed by atoms with E-state index in [1.165, 1.54) is 11.1 Å². The lowest BCUT2D eigenvalue weighted by molar-refractivity contribution is 1.06. The third-order valence-electron chi connectivity index (χ3n) is 3.61. The zero-order valence-electron chi connectivity index (χ0n) is 11.3. The molecule has 0 aliphatic carbocycles. The number of aryl methyl sites for hydroxylation is 2. The van der Waals surface area contributed by atoms with Crippen molar-refractivity contribution in [1.82, 2.24) is 9.55 Å². The Hall–Kier alpha value is -1.32. The third-order valence-corrected chi connectivity index (χ3v) is 4.39. The van der Waals surface area contributed by atoms with Crippen molar-refractivity contribution in [3.05, 3.63) is 57.8 Å². The fourth-order valence-electron chi connectivity index (χ4n) is 2.33. The second-order valence-electron chi connectivity index (χ2n) is 4.95. The van der Waals surface area contributed by atoms with Crippen LogP contribution < -0.4 is 0 Å². The summed E-state index contributed by atoms with van der Waals surface area (Å²) in [5.74, 6) is 0.479. The summed E-state index contributed by atoms with van der Waals surface area (Å²) in [4.78, 5) is 4.51. The van der Waals surface area contributed by atoms with Crippen molar-refractivity contribution in [2.75, 3.05) is 0 Å². The number of rotatable bonds is 2. The fraction of sp³-hybridized carbons (Fsp3) is 0.188. The Balaban J connectivity index is 2.30. The normalized spacial score (nSPS) is 11.2. The quantitative estimate of drug-likeness (QED) is 0.585. The largest absolute Gasteiger partial charge is 0.298 e. The van der Waals surface area contributed by atoms with E-state index in [2.05, 4.69) is 57.5 Å². The number of halogens is 2. The lowest BCUT2D eigenvalue weighted by Gasteiger charge is -2.11. The zero-order chi connectivity index (χ0) is 14.3. The van der Waals surface area contributed by atoms with Gasteiger partial charge >= 0.3 is 0 Å².